The number of aliphatic carboxylic acids is 1. The number of pyridine rings is 1. The van der Waals surface area contributed by atoms with Crippen LogP contribution >= 0.6 is 0 Å². The van der Waals surface area contributed by atoms with E-state index >= 15 is 0 Å². The van der Waals surface area contributed by atoms with Crippen LogP contribution in [0.2, 0.25) is 0 Å². The molecule has 5 rings (SSSR count). The van der Waals surface area contributed by atoms with Crippen LogP contribution in [-0.2, 0) is 28.7 Å². The molecule has 0 spiro atoms. The van der Waals surface area contributed by atoms with Gasteiger partial charge in [-0.2, -0.15) is 4.98 Å². The summed E-state index contributed by atoms with van der Waals surface area (Å²) in [7, 11) is 1.82. The largest absolute Gasteiger partial charge is 0.489 e. The molecule has 2 atom stereocenters. The van der Waals surface area contributed by atoms with Crippen LogP contribution in [-0.4, -0.2) is 53.9 Å². The molecule has 2 saturated carbocycles. The summed E-state index contributed by atoms with van der Waals surface area (Å²) in [6, 6.07) is 3.71. The number of hydrogen-bond donors (Lipinski definition) is 2. The second-order valence-electron chi connectivity index (χ2n) is 9.43. The van der Waals surface area contributed by atoms with E-state index < -0.39 is 11.6 Å². The lowest BCUT2D eigenvalue weighted by Gasteiger charge is -2.27. The third-order valence-corrected chi connectivity index (χ3v) is 6.85. The molecule has 0 unspecified atom stereocenters. The Balaban J connectivity index is 1.27. The zero-order valence-corrected chi connectivity index (χ0v) is 20.7. The van der Waals surface area contributed by atoms with Gasteiger partial charge in [-0.15, -0.1) is 5.10 Å². The van der Waals surface area contributed by atoms with Crippen molar-refractivity contribution in [1.29, 1.82) is 0 Å². The van der Waals surface area contributed by atoms with Crippen LogP contribution in [0.15, 0.2) is 16.7 Å². The molecule has 0 amide bonds. The lowest BCUT2D eigenvalue weighted by molar-refractivity contribution is -0.143. The zero-order chi connectivity index (χ0) is 25.3. The van der Waals surface area contributed by atoms with E-state index in [1.54, 1.807) is 4.68 Å². The van der Waals surface area contributed by atoms with E-state index in [1.165, 1.54) is 0 Å². The summed E-state index contributed by atoms with van der Waals surface area (Å²) >= 11 is 0. The van der Waals surface area contributed by atoms with Gasteiger partial charge in [-0.05, 0) is 69.7 Å². The van der Waals surface area contributed by atoms with E-state index in [1.807, 2.05) is 33.0 Å². The van der Waals surface area contributed by atoms with Gasteiger partial charge in [-0.3, -0.25) is 4.79 Å². The van der Waals surface area contributed by atoms with Crippen molar-refractivity contribution < 1.29 is 23.9 Å². The third kappa shape index (κ3) is 4.90. The van der Waals surface area contributed by atoms with Crippen LogP contribution in [0.3, 0.4) is 0 Å². The van der Waals surface area contributed by atoms with Crippen molar-refractivity contribution in [1.82, 2.24) is 30.1 Å². The van der Waals surface area contributed by atoms with Crippen LogP contribution in [0, 0.1) is 12.8 Å². The van der Waals surface area contributed by atoms with Gasteiger partial charge in [0.05, 0.1) is 35.6 Å². The number of anilines is 1. The maximum atomic E-state index is 11.4. The molecule has 3 aromatic heterocycles. The quantitative estimate of drug-likeness (QED) is 0.425. The standard InChI is InChI=1S/C24H31N7O5/c1-4-34-24(10-11-24)22-27-23(29-36-22)25-13-18-20(28-30-31(18)3)17-8-9-19(14(2)26-17)35-16-7-5-6-15(12-16)21(32)33/h8-9,15-16H,4-7,10-13H2,1-3H3,(H,25,29)(H,32,33)/t15-,16-/m0/s1. The summed E-state index contributed by atoms with van der Waals surface area (Å²) in [6.07, 6.45) is 4.53. The molecule has 0 saturated heterocycles. The molecular weight excluding hydrogens is 466 g/mol. The first-order valence-corrected chi connectivity index (χ1v) is 12.4. The molecule has 0 aromatic carbocycles. The van der Waals surface area contributed by atoms with Gasteiger partial charge in [0.25, 0.3) is 11.8 Å². The molecule has 12 heteroatoms. The molecule has 12 nitrogen and oxygen atoms in total. The minimum absolute atomic E-state index is 0.125. The normalized spacial score (nSPS) is 20.8. The number of ether oxygens (including phenoxy) is 2. The topological polar surface area (TPSA) is 150 Å². The van der Waals surface area contributed by atoms with Crippen molar-refractivity contribution in [2.24, 2.45) is 13.0 Å². The van der Waals surface area contributed by atoms with E-state index in [9.17, 15) is 9.90 Å². The summed E-state index contributed by atoms with van der Waals surface area (Å²) in [4.78, 5) is 20.5. The van der Waals surface area contributed by atoms with Crippen molar-refractivity contribution >= 4 is 11.9 Å². The predicted molar refractivity (Wildman–Crippen MR) is 127 cm³/mol. The van der Waals surface area contributed by atoms with Crippen LogP contribution in [0.1, 0.15) is 62.7 Å². The van der Waals surface area contributed by atoms with Gasteiger partial charge >= 0.3 is 5.97 Å². The fourth-order valence-corrected chi connectivity index (χ4v) is 4.69. The van der Waals surface area contributed by atoms with E-state index in [4.69, 9.17) is 19.0 Å². The van der Waals surface area contributed by atoms with E-state index in [0.717, 1.165) is 31.4 Å². The van der Waals surface area contributed by atoms with E-state index in [2.05, 4.69) is 25.8 Å². The summed E-state index contributed by atoms with van der Waals surface area (Å²) in [6.45, 7) is 4.79. The predicted octanol–water partition coefficient (Wildman–Crippen LogP) is 3.23. The third-order valence-electron chi connectivity index (χ3n) is 6.85. The minimum atomic E-state index is -0.754. The highest BCUT2D eigenvalue weighted by atomic mass is 16.5. The Morgan fingerprint density at radius 1 is 1.31 bits per heavy atom. The smallest absolute Gasteiger partial charge is 0.306 e. The fraction of sp³-hybridized carbons (Fsp3) is 0.583. The number of carbonyl (C=O) groups is 1. The van der Waals surface area contributed by atoms with Crippen molar-refractivity contribution in [3.05, 3.63) is 29.4 Å². The van der Waals surface area contributed by atoms with Crippen LogP contribution in [0.5, 0.6) is 5.75 Å². The van der Waals surface area contributed by atoms with Gasteiger partial charge < -0.3 is 24.4 Å². The lowest BCUT2D eigenvalue weighted by atomic mass is 9.87. The Bertz CT molecular complexity index is 1240. The van der Waals surface area contributed by atoms with Gasteiger partial charge in [-0.1, -0.05) is 5.21 Å². The number of hydrogen-bond acceptors (Lipinski definition) is 10. The van der Waals surface area contributed by atoms with Gasteiger partial charge in [0.1, 0.15) is 17.0 Å². The number of nitrogens with zero attached hydrogens (tertiary/aromatic N) is 6. The van der Waals surface area contributed by atoms with Gasteiger partial charge in [-0.25, -0.2) is 9.67 Å². The van der Waals surface area contributed by atoms with Gasteiger partial charge in [0.2, 0.25) is 0 Å². The average Bonchev–Trinajstić information content (AvgIpc) is 3.31. The zero-order valence-electron chi connectivity index (χ0n) is 20.7. The van der Waals surface area contributed by atoms with Crippen molar-refractivity contribution in [3.63, 3.8) is 0 Å². The fourth-order valence-electron chi connectivity index (χ4n) is 4.69. The molecule has 3 heterocycles. The number of nitrogens with one attached hydrogen (secondary N) is 1. The van der Waals surface area contributed by atoms with Crippen molar-refractivity contribution in [3.8, 4) is 17.1 Å². The second-order valence-corrected chi connectivity index (χ2v) is 9.43. The first-order valence-electron chi connectivity index (χ1n) is 12.4. The Morgan fingerprint density at radius 2 is 2.14 bits per heavy atom. The first kappa shape index (κ1) is 24.2. The molecule has 0 aliphatic heterocycles. The highest BCUT2D eigenvalue weighted by molar-refractivity contribution is 5.70. The number of aryl methyl sites for hydroxylation is 2. The van der Waals surface area contributed by atoms with Crippen molar-refractivity contribution in [2.75, 3.05) is 11.9 Å². The molecule has 2 N–H and O–H groups in total. The van der Waals surface area contributed by atoms with E-state index in [-0.39, 0.29) is 12.0 Å². The summed E-state index contributed by atoms with van der Waals surface area (Å²) in [5.41, 5.74) is 2.39. The lowest BCUT2D eigenvalue weighted by Crippen LogP contribution is -2.29. The second kappa shape index (κ2) is 9.84. The Kier molecular flexibility index (Phi) is 6.61. The average molecular weight is 498 g/mol. The Hall–Kier alpha value is -3.54. The Morgan fingerprint density at radius 3 is 2.86 bits per heavy atom. The summed E-state index contributed by atoms with van der Waals surface area (Å²) in [5, 5.41) is 25.0. The highest BCUT2D eigenvalue weighted by Gasteiger charge is 2.50. The molecular formula is C24H31N7O5. The monoisotopic (exact) mass is 497 g/mol. The molecule has 2 fully saturated rings. The maximum absolute atomic E-state index is 11.4. The molecule has 36 heavy (non-hydrogen) atoms. The van der Waals surface area contributed by atoms with Gasteiger partial charge in [0, 0.05) is 13.7 Å². The SMILES string of the molecule is CCOC1(c2nc(NCc3c(-c4ccc(O[C@H]5CCC[C@H](C(=O)O)C5)c(C)n4)nnn3C)no2)CC1. The minimum Gasteiger partial charge on any atom is -0.489 e. The summed E-state index contributed by atoms with van der Waals surface area (Å²) < 4.78 is 19.0. The van der Waals surface area contributed by atoms with Gasteiger partial charge in [0.15, 0.2) is 0 Å². The van der Waals surface area contributed by atoms with Crippen LogP contribution in [0.4, 0.5) is 5.95 Å². The number of aromatic nitrogens is 6. The van der Waals surface area contributed by atoms with Crippen molar-refractivity contribution in [2.45, 2.75) is 70.6 Å². The highest BCUT2D eigenvalue weighted by Crippen LogP contribution is 2.48. The molecule has 2 aliphatic carbocycles. The van der Waals surface area contributed by atoms with Crippen LogP contribution < -0.4 is 10.1 Å². The molecule has 2 aliphatic rings. The summed E-state index contributed by atoms with van der Waals surface area (Å²) in [5.74, 6) is 0.422. The number of carboxylic acids is 1. The molecule has 192 valence electrons. The van der Waals surface area contributed by atoms with E-state index in [0.29, 0.717) is 60.7 Å². The maximum Gasteiger partial charge on any atom is 0.306 e. The number of carboxylic acid groups (broad SMARTS) is 1. The van der Waals surface area contributed by atoms with Crippen LogP contribution in [0.25, 0.3) is 11.4 Å². The first-order chi connectivity index (χ1) is 17.4. The Labute approximate surface area is 208 Å². The molecule has 0 bridgehead atoms. The molecule has 0 radical (unpaired) electrons. The molecule has 3 aromatic rings. The number of rotatable bonds is 10.